The van der Waals surface area contributed by atoms with Crippen molar-refractivity contribution < 1.29 is 14.2 Å². The van der Waals surface area contributed by atoms with E-state index in [1.54, 1.807) is 36.5 Å². The van der Waals surface area contributed by atoms with E-state index in [-0.39, 0.29) is 0 Å². The Morgan fingerprint density at radius 1 is 0.889 bits per heavy atom. The van der Waals surface area contributed by atoms with Crippen LogP contribution < -0.4 is 19.0 Å². The van der Waals surface area contributed by atoms with Crippen molar-refractivity contribution in [2.24, 2.45) is 17.3 Å². The molecule has 182 valence electrons. The van der Waals surface area contributed by atoms with E-state index in [9.17, 15) is 0 Å². The average Bonchev–Trinajstić information content (AvgIpc) is 3.40. The summed E-state index contributed by atoms with van der Waals surface area (Å²) < 4.78 is 22.4. The maximum Gasteiger partial charge on any atom is 0.232 e. The summed E-state index contributed by atoms with van der Waals surface area (Å²) in [6.07, 6.45) is 1.67. The third-order valence-electron chi connectivity index (χ3n) is 5.69. The summed E-state index contributed by atoms with van der Waals surface area (Å²) in [5, 5.41) is 13.6. The van der Waals surface area contributed by atoms with Gasteiger partial charge in [-0.1, -0.05) is 47.7 Å². The molecule has 0 saturated heterocycles. The summed E-state index contributed by atoms with van der Waals surface area (Å²) in [5.74, 6) is 2.00. The fourth-order valence-electron chi connectivity index (χ4n) is 3.84. The summed E-state index contributed by atoms with van der Waals surface area (Å²) in [7, 11) is 5.16. The number of thiazole rings is 1. The molecular weight excluding hydrogens is 474 g/mol. The number of benzene rings is 3. The first kappa shape index (κ1) is 23.4. The van der Waals surface area contributed by atoms with Gasteiger partial charge in [0.1, 0.15) is 0 Å². The van der Waals surface area contributed by atoms with Crippen LogP contribution in [0.4, 0.5) is 0 Å². The van der Waals surface area contributed by atoms with Crippen LogP contribution in [0.1, 0.15) is 11.3 Å². The van der Waals surface area contributed by atoms with Crippen LogP contribution in [-0.4, -0.2) is 34.8 Å². The quantitative estimate of drug-likeness (QED) is 0.220. The summed E-state index contributed by atoms with van der Waals surface area (Å²) >= 11 is 1.58. The second-order valence-electron chi connectivity index (χ2n) is 7.90. The first-order chi connectivity index (χ1) is 17.6. The van der Waals surface area contributed by atoms with Gasteiger partial charge in [-0.05, 0) is 43.3 Å². The largest absolute Gasteiger partial charge is 0.493 e. The molecule has 0 amide bonds. The predicted molar refractivity (Wildman–Crippen MR) is 142 cm³/mol. The second-order valence-corrected chi connectivity index (χ2v) is 8.91. The van der Waals surface area contributed by atoms with Gasteiger partial charge in [0.15, 0.2) is 11.5 Å². The summed E-state index contributed by atoms with van der Waals surface area (Å²) in [5.41, 5.74) is 3.38. The van der Waals surface area contributed by atoms with Gasteiger partial charge < -0.3 is 18.8 Å². The van der Waals surface area contributed by atoms with E-state index in [0.717, 1.165) is 26.4 Å². The molecule has 0 radical (unpaired) electrons. The van der Waals surface area contributed by atoms with Gasteiger partial charge >= 0.3 is 0 Å². The molecule has 8 nitrogen and oxygen atoms in total. The van der Waals surface area contributed by atoms with Crippen molar-refractivity contribution in [1.29, 1.82) is 0 Å². The first-order valence-corrected chi connectivity index (χ1v) is 12.1. The molecule has 9 heteroatoms. The molecular formula is C27H25N5O3S. The van der Waals surface area contributed by atoms with Crippen LogP contribution in [0.5, 0.6) is 23.1 Å². The number of methoxy groups -OCH3 is 2. The van der Waals surface area contributed by atoms with Gasteiger partial charge in [0.2, 0.25) is 16.4 Å². The van der Waals surface area contributed by atoms with Crippen LogP contribution in [-0.2, 0) is 7.05 Å². The van der Waals surface area contributed by atoms with Crippen LogP contribution in [0.15, 0.2) is 83.0 Å². The molecule has 3 aromatic carbocycles. The summed E-state index contributed by atoms with van der Waals surface area (Å²) in [6.45, 7) is 1.91. The van der Waals surface area contributed by atoms with E-state index >= 15 is 0 Å². The molecule has 0 spiro atoms. The number of nitrogens with zero attached hydrogens (tertiary/aromatic N) is 5. The molecule has 2 heterocycles. The lowest BCUT2D eigenvalue weighted by atomic mass is 10.2. The topological polar surface area (TPSA) is 75.2 Å². The number of ether oxygens (including phenoxy) is 3. The molecule has 0 unspecified atom stereocenters. The number of rotatable bonds is 7. The lowest BCUT2D eigenvalue weighted by Crippen LogP contribution is -2.08. The smallest absolute Gasteiger partial charge is 0.232 e. The van der Waals surface area contributed by atoms with Gasteiger partial charge in [-0.2, -0.15) is 14.9 Å². The molecule has 2 aromatic heterocycles. The first-order valence-electron chi connectivity index (χ1n) is 11.3. The summed E-state index contributed by atoms with van der Waals surface area (Å²) in [4.78, 5) is 0.787. The molecule has 0 aliphatic carbocycles. The SMILES string of the molecule is COc1cccc(OC)c1Oc1c(/C=N/N=c2\sc3ccccc3n2C)c(C)nn1-c1ccccc1. The zero-order chi connectivity index (χ0) is 25.1. The van der Waals surface area contributed by atoms with Crippen LogP contribution >= 0.6 is 11.3 Å². The van der Waals surface area contributed by atoms with Gasteiger partial charge in [0.25, 0.3) is 0 Å². The Kier molecular flexibility index (Phi) is 6.55. The van der Waals surface area contributed by atoms with Crippen molar-refractivity contribution in [3.63, 3.8) is 0 Å². The molecule has 0 bridgehead atoms. The van der Waals surface area contributed by atoms with Crippen molar-refractivity contribution in [3.8, 4) is 28.8 Å². The minimum atomic E-state index is 0.446. The highest BCUT2D eigenvalue weighted by molar-refractivity contribution is 7.16. The number of para-hydroxylation sites is 3. The van der Waals surface area contributed by atoms with Gasteiger partial charge in [0, 0.05) is 7.05 Å². The van der Waals surface area contributed by atoms with Gasteiger partial charge in [0.05, 0.1) is 47.6 Å². The second kappa shape index (κ2) is 10.1. The highest BCUT2D eigenvalue weighted by Crippen LogP contribution is 2.41. The lowest BCUT2D eigenvalue weighted by Gasteiger charge is -2.15. The minimum absolute atomic E-state index is 0.446. The molecule has 36 heavy (non-hydrogen) atoms. The van der Waals surface area contributed by atoms with Gasteiger partial charge in [-0.15, -0.1) is 5.10 Å². The maximum absolute atomic E-state index is 6.45. The number of fused-ring (bicyclic) bond motifs is 1. The van der Waals surface area contributed by atoms with Crippen LogP contribution in [0.2, 0.25) is 0 Å². The highest BCUT2D eigenvalue weighted by Gasteiger charge is 2.21. The minimum Gasteiger partial charge on any atom is -0.493 e. The Balaban J connectivity index is 1.63. The summed E-state index contributed by atoms with van der Waals surface area (Å²) in [6, 6.07) is 23.4. The zero-order valence-corrected chi connectivity index (χ0v) is 21.2. The third kappa shape index (κ3) is 4.36. The van der Waals surface area contributed by atoms with Crippen molar-refractivity contribution in [1.82, 2.24) is 14.3 Å². The van der Waals surface area contributed by atoms with Crippen LogP contribution in [0.25, 0.3) is 15.9 Å². The van der Waals surface area contributed by atoms with Crippen molar-refractivity contribution >= 4 is 27.8 Å². The predicted octanol–water partition coefficient (Wildman–Crippen LogP) is 5.48. The van der Waals surface area contributed by atoms with E-state index in [1.807, 2.05) is 79.2 Å². The number of aromatic nitrogens is 3. The third-order valence-corrected chi connectivity index (χ3v) is 6.79. The van der Waals surface area contributed by atoms with Crippen molar-refractivity contribution in [3.05, 3.63) is 88.9 Å². The molecule has 0 aliphatic heterocycles. The van der Waals surface area contributed by atoms with E-state index in [4.69, 9.17) is 19.3 Å². The average molecular weight is 500 g/mol. The Hall–Kier alpha value is -4.37. The molecule has 5 aromatic rings. The van der Waals surface area contributed by atoms with E-state index in [2.05, 4.69) is 22.3 Å². The van der Waals surface area contributed by atoms with Crippen molar-refractivity contribution in [2.75, 3.05) is 14.2 Å². The van der Waals surface area contributed by atoms with Gasteiger partial charge in [-0.3, -0.25) is 0 Å². The zero-order valence-electron chi connectivity index (χ0n) is 20.4. The van der Waals surface area contributed by atoms with Crippen LogP contribution in [0.3, 0.4) is 0 Å². The van der Waals surface area contributed by atoms with Gasteiger partial charge in [-0.25, -0.2) is 0 Å². The maximum atomic E-state index is 6.45. The Bertz CT molecular complexity index is 1590. The Morgan fingerprint density at radius 2 is 1.58 bits per heavy atom. The van der Waals surface area contributed by atoms with E-state index in [0.29, 0.717) is 28.7 Å². The van der Waals surface area contributed by atoms with Crippen molar-refractivity contribution in [2.45, 2.75) is 6.92 Å². The monoisotopic (exact) mass is 499 g/mol. The van der Waals surface area contributed by atoms with E-state index in [1.165, 1.54) is 0 Å². The molecule has 0 atom stereocenters. The lowest BCUT2D eigenvalue weighted by molar-refractivity contribution is 0.338. The number of aryl methyl sites for hydroxylation is 2. The standard InChI is InChI=1S/C27H25N5O3S/c1-18-20(17-28-29-27-31(2)21-13-8-9-16-24(21)36-27)26(32(30-18)19-11-6-5-7-12-19)35-25-22(33-3)14-10-15-23(25)34-4/h5-17H,1-4H3/b28-17+,29-27-. The van der Waals surface area contributed by atoms with Crippen LogP contribution in [0, 0.1) is 6.92 Å². The van der Waals surface area contributed by atoms with E-state index < -0.39 is 0 Å². The Labute approximate surface area is 212 Å². The molecule has 0 N–H and O–H groups in total. The molecule has 5 rings (SSSR count). The Morgan fingerprint density at radius 3 is 2.28 bits per heavy atom. The molecule has 0 aliphatic rings. The normalized spacial score (nSPS) is 11.9. The number of hydrogen-bond donors (Lipinski definition) is 0. The fraction of sp³-hybridized carbons (Fsp3) is 0.148. The fourth-order valence-corrected chi connectivity index (χ4v) is 4.81. The molecule has 0 fully saturated rings. The highest BCUT2D eigenvalue weighted by atomic mass is 32.1. The number of hydrogen-bond acceptors (Lipinski definition) is 7. The molecule has 0 saturated carbocycles.